The van der Waals surface area contributed by atoms with Crippen LogP contribution in [0.15, 0.2) is 158 Å². The smallest absolute Gasteiger partial charge is 0.387 e. The molecule has 0 aromatic carbocycles. The van der Waals surface area contributed by atoms with Gasteiger partial charge in [0, 0.05) is 6.42 Å². The number of phosphoric ester groups is 1. The van der Waals surface area contributed by atoms with E-state index in [0.29, 0.717) is 17.4 Å². The van der Waals surface area contributed by atoms with E-state index in [4.69, 9.17) is 9.05 Å². The Balaban J connectivity index is 4.22. The fourth-order valence-corrected chi connectivity index (χ4v) is 9.94. The van der Waals surface area contributed by atoms with Gasteiger partial charge in [-0.1, -0.05) is 307 Å². The molecule has 3 N–H and O–H groups in total. The molecule has 3 atom stereocenters. The van der Waals surface area contributed by atoms with Crippen molar-refractivity contribution in [3.63, 3.8) is 0 Å². The van der Waals surface area contributed by atoms with Crippen LogP contribution in [0.25, 0.3) is 0 Å². The SMILES string of the molecule is CC/C=C\C/C=C\C/C=C\C/C=C\C/C=C\C/C=C\C/C=C\C/C=C\C/C=C\C/C=C\C/C=C\C/C=C\CCCCCCC(=O)NC(COP(=O)(O)OCC[N+](C)(C)C)C(O)/C=C/CCCCCCCCCCCCCCCCCCCCCC. The molecule has 0 saturated heterocycles. The Bertz CT molecular complexity index is 1940. The zero-order chi connectivity index (χ0) is 61.9. The Morgan fingerprint density at radius 1 is 0.412 bits per heavy atom. The Morgan fingerprint density at radius 2 is 0.706 bits per heavy atom. The topological polar surface area (TPSA) is 105 Å². The van der Waals surface area contributed by atoms with Gasteiger partial charge in [-0.2, -0.15) is 0 Å². The number of carbonyl (C=O) groups is 1. The van der Waals surface area contributed by atoms with E-state index in [1.54, 1.807) is 6.08 Å². The van der Waals surface area contributed by atoms with E-state index in [1.165, 1.54) is 116 Å². The predicted molar refractivity (Wildman–Crippen MR) is 373 cm³/mol. The maximum absolute atomic E-state index is 13.0. The van der Waals surface area contributed by atoms with Crippen molar-refractivity contribution in [3.05, 3.63) is 158 Å². The zero-order valence-electron chi connectivity index (χ0n) is 55.3. The molecular formula is C76H130N2O6P+. The van der Waals surface area contributed by atoms with Crippen molar-refractivity contribution in [1.29, 1.82) is 0 Å². The van der Waals surface area contributed by atoms with Gasteiger partial charge in [0.15, 0.2) is 0 Å². The van der Waals surface area contributed by atoms with Crippen LogP contribution in [0.4, 0.5) is 0 Å². The first-order valence-electron chi connectivity index (χ1n) is 34.4. The maximum Gasteiger partial charge on any atom is 0.472 e. The molecule has 0 radical (unpaired) electrons. The molecule has 0 aliphatic heterocycles. The molecular weight excluding hydrogens is 1070 g/mol. The number of aliphatic hydroxyl groups excluding tert-OH is 1. The summed E-state index contributed by atoms with van der Waals surface area (Å²) in [7, 11) is 1.54. The summed E-state index contributed by atoms with van der Waals surface area (Å²) in [4.78, 5) is 23.4. The number of phosphoric acid groups is 1. The molecule has 0 aliphatic rings. The molecule has 0 aliphatic carbocycles. The van der Waals surface area contributed by atoms with Gasteiger partial charge in [-0.05, 0) is 109 Å². The number of carbonyl (C=O) groups excluding carboxylic acids is 1. The summed E-state index contributed by atoms with van der Waals surface area (Å²) in [5.41, 5.74) is 0. The second-order valence-electron chi connectivity index (χ2n) is 23.8. The minimum absolute atomic E-state index is 0.0484. The Morgan fingerprint density at radius 3 is 1.04 bits per heavy atom. The highest BCUT2D eigenvalue weighted by Crippen LogP contribution is 2.43. The molecule has 0 spiro atoms. The highest BCUT2D eigenvalue weighted by atomic mass is 31.2. The third-order valence-electron chi connectivity index (χ3n) is 14.5. The molecule has 9 heteroatoms. The quantitative estimate of drug-likeness (QED) is 0.0243. The van der Waals surface area contributed by atoms with Crippen LogP contribution in [0.3, 0.4) is 0 Å². The van der Waals surface area contributed by atoms with Crippen LogP contribution in [0.2, 0.25) is 0 Å². The van der Waals surface area contributed by atoms with Crippen molar-refractivity contribution in [2.45, 2.75) is 276 Å². The summed E-state index contributed by atoms with van der Waals surface area (Å²) in [6, 6.07) is -0.873. The van der Waals surface area contributed by atoms with Gasteiger partial charge < -0.3 is 19.8 Å². The first kappa shape index (κ1) is 81.1. The van der Waals surface area contributed by atoms with Gasteiger partial charge in [0.25, 0.3) is 0 Å². The molecule has 0 fully saturated rings. The largest absolute Gasteiger partial charge is 0.472 e. The van der Waals surface area contributed by atoms with Crippen LogP contribution in [0, 0.1) is 0 Å². The van der Waals surface area contributed by atoms with E-state index in [1.807, 2.05) is 27.2 Å². The van der Waals surface area contributed by atoms with Crippen LogP contribution >= 0.6 is 7.82 Å². The standard InChI is InChI=1S/C76H129N2O6P/c1-6-8-10-12-14-16-18-20-22-24-26-28-30-31-32-33-34-35-36-37-38-39-40-41-42-43-44-45-46-47-48-50-52-54-56-58-60-62-64-66-68-70-76(80)77-74(73-84-85(81,82)83-72-71-78(3,4)5)75(79)69-67-65-63-61-59-57-55-53-51-49-29-27-25-23-21-19-17-15-13-11-9-7-2/h8,10,14,16,20,22,26,28,31-32,34-35,37-38,40-41,43-44,46-47,50,52,56,58,67,69,74-75,79H,6-7,9,11-13,15,17-19,21,23-25,27,29-30,33,36,39,42,45,48-49,51,53-55,57,59-66,68,70-73H2,1-5H3,(H-,77,80,81,82)/p+1/b10-8-,16-14-,22-20-,28-26-,32-31-,35-34-,38-37-,41-40-,44-43-,47-46-,52-50-,58-56-,69-67+. The van der Waals surface area contributed by atoms with E-state index in [9.17, 15) is 19.4 Å². The predicted octanol–water partition coefficient (Wildman–Crippen LogP) is 22.2. The lowest BCUT2D eigenvalue weighted by molar-refractivity contribution is -0.870. The van der Waals surface area contributed by atoms with Crippen molar-refractivity contribution in [1.82, 2.24) is 5.32 Å². The molecule has 0 aromatic heterocycles. The average molecular weight is 1200 g/mol. The van der Waals surface area contributed by atoms with E-state index >= 15 is 0 Å². The van der Waals surface area contributed by atoms with Gasteiger partial charge in [0.05, 0.1) is 39.9 Å². The number of rotatable bonds is 61. The number of hydrogen-bond acceptors (Lipinski definition) is 5. The maximum atomic E-state index is 13.0. The van der Waals surface area contributed by atoms with Gasteiger partial charge in [-0.3, -0.25) is 13.8 Å². The summed E-state index contributed by atoms with van der Waals surface area (Å²) < 4.78 is 23.8. The molecule has 0 bridgehead atoms. The Kier molecular flexibility index (Phi) is 61.6. The van der Waals surface area contributed by atoms with Crippen LogP contribution in [-0.4, -0.2) is 73.4 Å². The summed E-state index contributed by atoms with van der Waals surface area (Å²) in [5.74, 6) is -0.205. The molecule has 1 amide bonds. The third kappa shape index (κ3) is 67.5. The van der Waals surface area contributed by atoms with Gasteiger partial charge in [-0.15, -0.1) is 0 Å². The van der Waals surface area contributed by atoms with Crippen LogP contribution in [-0.2, 0) is 18.4 Å². The molecule has 0 heterocycles. The first-order chi connectivity index (χ1) is 41.5. The lowest BCUT2D eigenvalue weighted by atomic mass is 10.0. The fourth-order valence-electron chi connectivity index (χ4n) is 9.20. The number of nitrogens with one attached hydrogen (secondary N) is 1. The summed E-state index contributed by atoms with van der Waals surface area (Å²) in [6.45, 7) is 4.69. The number of likely N-dealkylation sites (N-methyl/N-ethyl adjacent to an activating group) is 1. The fraction of sp³-hybridized carbons (Fsp3) is 0.645. The number of quaternary nitrogens is 1. The van der Waals surface area contributed by atoms with E-state index < -0.39 is 20.0 Å². The van der Waals surface area contributed by atoms with Crippen molar-refractivity contribution in [2.24, 2.45) is 0 Å². The van der Waals surface area contributed by atoms with Crippen LogP contribution < -0.4 is 5.32 Å². The van der Waals surface area contributed by atoms with E-state index in [0.717, 1.165) is 128 Å². The van der Waals surface area contributed by atoms with Gasteiger partial charge >= 0.3 is 7.82 Å². The third-order valence-corrected chi connectivity index (χ3v) is 15.5. The highest BCUT2D eigenvalue weighted by Gasteiger charge is 2.28. The van der Waals surface area contributed by atoms with Gasteiger partial charge in [0.1, 0.15) is 13.2 Å². The lowest BCUT2D eigenvalue weighted by Gasteiger charge is -2.25. The first-order valence-corrected chi connectivity index (χ1v) is 35.9. The van der Waals surface area contributed by atoms with Crippen molar-refractivity contribution < 1.29 is 32.9 Å². The number of hydrogen-bond donors (Lipinski definition) is 3. The number of unbranched alkanes of at least 4 members (excludes halogenated alkanes) is 24. The summed E-state index contributed by atoms with van der Waals surface area (Å²) in [5, 5.41) is 14.0. The molecule has 0 rings (SSSR count). The van der Waals surface area contributed by atoms with Gasteiger partial charge in [-0.25, -0.2) is 4.57 Å². The minimum atomic E-state index is -4.37. The second kappa shape index (κ2) is 64.6. The molecule has 0 saturated carbocycles. The Labute approximate surface area is 524 Å². The summed E-state index contributed by atoms with van der Waals surface area (Å²) >= 11 is 0. The molecule has 3 unspecified atom stereocenters. The van der Waals surface area contributed by atoms with Gasteiger partial charge in [0.2, 0.25) is 5.91 Å². The zero-order valence-corrected chi connectivity index (χ0v) is 56.2. The average Bonchev–Trinajstić information content (AvgIpc) is 3.48. The number of allylic oxidation sites excluding steroid dienone is 25. The number of nitrogens with zero attached hydrogens (tertiary/aromatic N) is 1. The number of aliphatic hydroxyl groups is 1. The van der Waals surface area contributed by atoms with Crippen LogP contribution in [0.5, 0.6) is 0 Å². The van der Waals surface area contributed by atoms with Crippen molar-refractivity contribution in [3.8, 4) is 0 Å². The van der Waals surface area contributed by atoms with Crippen molar-refractivity contribution >= 4 is 13.7 Å². The molecule has 85 heavy (non-hydrogen) atoms. The van der Waals surface area contributed by atoms with E-state index in [-0.39, 0.29) is 19.1 Å². The molecule has 8 nitrogen and oxygen atoms in total. The number of amides is 1. The van der Waals surface area contributed by atoms with E-state index in [2.05, 4.69) is 165 Å². The van der Waals surface area contributed by atoms with Crippen molar-refractivity contribution in [2.75, 3.05) is 40.9 Å². The second-order valence-corrected chi connectivity index (χ2v) is 25.3. The monoisotopic (exact) mass is 1200 g/mol. The highest BCUT2D eigenvalue weighted by molar-refractivity contribution is 7.47. The molecule has 484 valence electrons. The lowest BCUT2D eigenvalue weighted by Crippen LogP contribution is -2.45. The molecule has 0 aromatic rings. The minimum Gasteiger partial charge on any atom is -0.387 e. The summed E-state index contributed by atoms with van der Waals surface area (Å²) in [6.07, 6.45) is 101. The Hall–Kier alpha value is -3.88. The normalized spacial score (nSPS) is 14.7. The van der Waals surface area contributed by atoms with Crippen LogP contribution in [0.1, 0.15) is 264 Å².